The number of hydrogen-bond donors (Lipinski definition) is 1. The second-order valence-corrected chi connectivity index (χ2v) is 9.24. The molecule has 32 heavy (non-hydrogen) atoms. The molecule has 0 radical (unpaired) electrons. The van der Waals surface area contributed by atoms with Crippen molar-refractivity contribution >= 4 is 50.5 Å². The van der Waals surface area contributed by atoms with Crippen LogP contribution < -0.4 is 19.1 Å². The van der Waals surface area contributed by atoms with Gasteiger partial charge in [-0.25, -0.2) is 8.42 Å². The van der Waals surface area contributed by atoms with E-state index in [-0.39, 0.29) is 21.4 Å². The number of nitrogens with one attached hydrogen (secondary N) is 1. The fraction of sp³-hybridized carbons (Fsp3) is 0.136. The van der Waals surface area contributed by atoms with Crippen LogP contribution in [0.3, 0.4) is 0 Å². The summed E-state index contributed by atoms with van der Waals surface area (Å²) in [5.41, 5.74) is 0.516. The number of methoxy groups -OCH3 is 2. The summed E-state index contributed by atoms with van der Waals surface area (Å²) in [4.78, 5) is 12.9. The molecule has 0 spiro atoms. The number of sulfonamides is 1. The van der Waals surface area contributed by atoms with E-state index in [1.54, 1.807) is 36.4 Å². The van der Waals surface area contributed by atoms with Crippen LogP contribution >= 0.6 is 23.2 Å². The third-order valence-electron chi connectivity index (χ3n) is 4.46. The minimum atomic E-state index is -4.12. The van der Waals surface area contributed by atoms with Gasteiger partial charge in [-0.1, -0.05) is 41.4 Å². The van der Waals surface area contributed by atoms with E-state index >= 15 is 0 Å². The summed E-state index contributed by atoms with van der Waals surface area (Å²) in [7, 11) is -1.24. The second-order valence-electron chi connectivity index (χ2n) is 6.54. The SMILES string of the molecule is COc1ccc(NC(=O)CN(c2cc(Cl)ccc2OC)S(=O)(=O)c2ccccc2)cc1Cl. The van der Waals surface area contributed by atoms with Gasteiger partial charge in [-0.05, 0) is 48.5 Å². The van der Waals surface area contributed by atoms with E-state index < -0.39 is 22.5 Å². The summed E-state index contributed by atoms with van der Waals surface area (Å²) in [5.74, 6) is 0.101. The Morgan fingerprint density at radius 3 is 2.22 bits per heavy atom. The lowest BCUT2D eigenvalue weighted by Crippen LogP contribution is -2.38. The van der Waals surface area contributed by atoms with Gasteiger partial charge in [0.2, 0.25) is 5.91 Å². The molecule has 0 saturated carbocycles. The number of carbonyl (C=O) groups is 1. The molecule has 1 amide bonds. The summed E-state index contributed by atoms with van der Waals surface area (Å²) >= 11 is 12.2. The van der Waals surface area contributed by atoms with Gasteiger partial charge in [-0.2, -0.15) is 0 Å². The van der Waals surface area contributed by atoms with E-state index in [4.69, 9.17) is 32.7 Å². The summed E-state index contributed by atoms with van der Waals surface area (Å²) < 4.78 is 38.3. The van der Waals surface area contributed by atoms with Crippen molar-refractivity contribution in [2.75, 3.05) is 30.4 Å². The van der Waals surface area contributed by atoms with E-state index in [0.29, 0.717) is 16.5 Å². The lowest BCUT2D eigenvalue weighted by molar-refractivity contribution is -0.114. The third kappa shape index (κ3) is 5.27. The smallest absolute Gasteiger partial charge is 0.264 e. The molecule has 0 heterocycles. The first-order valence-corrected chi connectivity index (χ1v) is 11.5. The molecule has 0 aliphatic heterocycles. The fourth-order valence-corrected chi connectivity index (χ4v) is 4.82. The quantitative estimate of drug-likeness (QED) is 0.483. The standard InChI is InChI=1S/C22H20Cl2N2O5S/c1-30-20-11-9-16(13-18(20)24)25-22(27)14-26(19-12-15(23)8-10-21(19)31-2)32(28,29)17-6-4-3-5-7-17/h3-13H,14H2,1-2H3,(H,25,27). The number of rotatable bonds is 8. The molecule has 1 N–H and O–H groups in total. The molecule has 0 aliphatic rings. The molecule has 0 saturated heterocycles. The highest BCUT2D eigenvalue weighted by Gasteiger charge is 2.29. The first-order chi connectivity index (χ1) is 15.3. The van der Waals surface area contributed by atoms with Crippen LogP contribution in [-0.4, -0.2) is 35.1 Å². The first kappa shape index (κ1) is 23.7. The van der Waals surface area contributed by atoms with Gasteiger partial charge in [0, 0.05) is 10.7 Å². The lowest BCUT2D eigenvalue weighted by Gasteiger charge is -2.26. The summed E-state index contributed by atoms with van der Waals surface area (Å²) in [6.45, 7) is -0.530. The summed E-state index contributed by atoms with van der Waals surface area (Å²) in [6, 6.07) is 17.0. The largest absolute Gasteiger partial charge is 0.495 e. The van der Waals surface area contributed by atoms with Crippen molar-refractivity contribution < 1.29 is 22.7 Å². The number of carbonyl (C=O) groups excluding carboxylic acids is 1. The number of benzene rings is 3. The van der Waals surface area contributed by atoms with Crippen molar-refractivity contribution in [2.45, 2.75) is 4.90 Å². The zero-order valence-corrected chi connectivity index (χ0v) is 19.5. The highest BCUT2D eigenvalue weighted by Crippen LogP contribution is 2.35. The van der Waals surface area contributed by atoms with Crippen LogP contribution in [-0.2, 0) is 14.8 Å². The van der Waals surface area contributed by atoms with E-state index in [9.17, 15) is 13.2 Å². The molecule has 0 atom stereocenters. The number of nitrogens with zero attached hydrogens (tertiary/aromatic N) is 1. The number of ether oxygens (including phenoxy) is 2. The van der Waals surface area contributed by atoms with E-state index in [2.05, 4.69) is 5.32 Å². The van der Waals surface area contributed by atoms with Crippen molar-refractivity contribution in [3.8, 4) is 11.5 Å². The van der Waals surface area contributed by atoms with Gasteiger partial charge in [-0.3, -0.25) is 9.10 Å². The normalized spacial score (nSPS) is 11.0. The van der Waals surface area contributed by atoms with Crippen molar-refractivity contribution in [3.05, 3.63) is 76.8 Å². The maximum atomic E-state index is 13.4. The topological polar surface area (TPSA) is 84.9 Å². The van der Waals surface area contributed by atoms with Crippen molar-refractivity contribution in [2.24, 2.45) is 0 Å². The molecule has 10 heteroatoms. The minimum absolute atomic E-state index is 0.0160. The van der Waals surface area contributed by atoms with Gasteiger partial charge >= 0.3 is 0 Å². The van der Waals surface area contributed by atoms with Crippen LogP contribution in [0, 0.1) is 0 Å². The molecule has 0 aromatic heterocycles. The monoisotopic (exact) mass is 494 g/mol. The Labute approximate surface area is 196 Å². The van der Waals surface area contributed by atoms with Gasteiger partial charge in [-0.15, -0.1) is 0 Å². The van der Waals surface area contributed by atoms with Crippen molar-refractivity contribution in [1.29, 1.82) is 0 Å². The maximum absolute atomic E-state index is 13.4. The van der Waals surface area contributed by atoms with E-state index in [1.165, 1.54) is 44.6 Å². The number of anilines is 2. The molecule has 3 aromatic rings. The lowest BCUT2D eigenvalue weighted by atomic mass is 10.2. The molecule has 168 valence electrons. The average molecular weight is 495 g/mol. The van der Waals surface area contributed by atoms with E-state index in [1.807, 2.05) is 0 Å². The van der Waals surface area contributed by atoms with Crippen LogP contribution in [0.25, 0.3) is 0 Å². The molecular formula is C22H20Cl2N2O5S. The zero-order chi connectivity index (χ0) is 23.3. The Kier molecular flexibility index (Phi) is 7.50. The van der Waals surface area contributed by atoms with Crippen molar-refractivity contribution in [3.63, 3.8) is 0 Å². The Bertz CT molecular complexity index is 1220. The number of halogens is 2. The maximum Gasteiger partial charge on any atom is 0.264 e. The van der Waals surface area contributed by atoms with Gasteiger partial charge < -0.3 is 14.8 Å². The van der Waals surface area contributed by atoms with Crippen LogP contribution in [0.2, 0.25) is 10.0 Å². The zero-order valence-electron chi connectivity index (χ0n) is 17.2. The van der Waals surface area contributed by atoms with Crippen LogP contribution in [0.15, 0.2) is 71.6 Å². The molecule has 3 aromatic carbocycles. The molecule has 0 unspecified atom stereocenters. The molecule has 0 bridgehead atoms. The first-order valence-electron chi connectivity index (χ1n) is 9.31. The van der Waals surface area contributed by atoms with Gasteiger partial charge in [0.05, 0.1) is 29.8 Å². The Morgan fingerprint density at radius 2 is 1.59 bits per heavy atom. The van der Waals surface area contributed by atoms with Gasteiger partial charge in [0.25, 0.3) is 10.0 Å². The van der Waals surface area contributed by atoms with Crippen LogP contribution in [0.4, 0.5) is 11.4 Å². The summed E-state index contributed by atoms with van der Waals surface area (Å²) in [5, 5.41) is 3.24. The Morgan fingerprint density at radius 1 is 0.938 bits per heavy atom. The predicted molar refractivity (Wildman–Crippen MR) is 126 cm³/mol. The Balaban J connectivity index is 1.99. The fourth-order valence-electron chi connectivity index (χ4n) is 2.95. The molecular weight excluding hydrogens is 475 g/mol. The molecule has 0 aliphatic carbocycles. The molecule has 0 fully saturated rings. The minimum Gasteiger partial charge on any atom is -0.495 e. The molecule has 7 nitrogen and oxygen atoms in total. The van der Waals surface area contributed by atoms with Crippen LogP contribution in [0.1, 0.15) is 0 Å². The number of amides is 1. The summed E-state index contributed by atoms with van der Waals surface area (Å²) in [6.07, 6.45) is 0. The van der Waals surface area contributed by atoms with Crippen molar-refractivity contribution in [1.82, 2.24) is 0 Å². The molecule has 3 rings (SSSR count). The van der Waals surface area contributed by atoms with Crippen LogP contribution in [0.5, 0.6) is 11.5 Å². The highest BCUT2D eigenvalue weighted by molar-refractivity contribution is 7.92. The average Bonchev–Trinajstić information content (AvgIpc) is 2.78. The van der Waals surface area contributed by atoms with Gasteiger partial charge in [0.1, 0.15) is 18.0 Å². The van der Waals surface area contributed by atoms with E-state index in [0.717, 1.165) is 4.31 Å². The Hall–Kier alpha value is -2.94. The highest BCUT2D eigenvalue weighted by atomic mass is 35.5. The van der Waals surface area contributed by atoms with Gasteiger partial charge in [0.15, 0.2) is 0 Å². The second kappa shape index (κ2) is 10.1. The predicted octanol–water partition coefficient (Wildman–Crippen LogP) is 4.84. The number of hydrogen-bond acceptors (Lipinski definition) is 5. The third-order valence-corrected chi connectivity index (χ3v) is 6.77.